The first-order valence-corrected chi connectivity index (χ1v) is 9.10. The number of amides is 1. The molecule has 4 heteroatoms. The van der Waals surface area contributed by atoms with Crippen LogP contribution in [0.15, 0.2) is 42.5 Å². The van der Waals surface area contributed by atoms with Gasteiger partial charge >= 0.3 is 0 Å². The number of thiophene rings is 1. The quantitative estimate of drug-likeness (QED) is 0.903. The molecule has 0 saturated carbocycles. The van der Waals surface area contributed by atoms with Crippen LogP contribution in [0.2, 0.25) is 0 Å². The lowest BCUT2D eigenvalue weighted by Gasteiger charge is -2.25. The van der Waals surface area contributed by atoms with Gasteiger partial charge in [0.1, 0.15) is 0 Å². The maximum absolute atomic E-state index is 12.7. The van der Waals surface area contributed by atoms with Gasteiger partial charge in [0.05, 0.1) is 12.1 Å². The van der Waals surface area contributed by atoms with Crippen molar-refractivity contribution in [3.8, 4) is 0 Å². The minimum absolute atomic E-state index is 0.00119. The summed E-state index contributed by atoms with van der Waals surface area (Å²) in [5, 5.41) is 3.20. The summed E-state index contributed by atoms with van der Waals surface area (Å²) in [5.74, 6) is 0.164. The topological polar surface area (TPSA) is 32.3 Å². The Morgan fingerprint density at radius 3 is 2.78 bits per heavy atom. The summed E-state index contributed by atoms with van der Waals surface area (Å²) >= 11 is 1.76. The van der Waals surface area contributed by atoms with Gasteiger partial charge in [0.2, 0.25) is 5.91 Å². The molecule has 23 heavy (non-hydrogen) atoms. The summed E-state index contributed by atoms with van der Waals surface area (Å²) in [6.45, 7) is 6.02. The fourth-order valence-electron chi connectivity index (χ4n) is 3.20. The zero-order chi connectivity index (χ0) is 16.2. The summed E-state index contributed by atoms with van der Waals surface area (Å²) in [6, 6.07) is 14.7. The molecule has 1 aliphatic heterocycles. The van der Waals surface area contributed by atoms with Gasteiger partial charge in [-0.3, -0.25) is 9.69 Å². The fraction of sp³-hybridized carbons (Fsp3) is 0.421. The van der Waals surface area contributed by atoms with Crippen LogP contribution in [0.4, 0.5) is 0 Å². The number of likely N-dealkylation sites (tertiary alicyclic amines) is 1. The van der Waals surface area contributed by atoms with Crippen LogP contribution in [-0.4, -0.2) is 23.4 Å². The van der Waals surface area contributed by atoms with Crippen LogP contribution in [0.25, 0.3) is 0 Å². The summed E-state index contributed by atoms with van der Waals surface area (Å²) in [6.07, 6.45) is 2.05. The third kappa shape index (κ3) is 4.01. The third-order valence-corrected chi connectivity index (χ3v) is 5.62. The number of nitrogens with one attached hydrogen (secondary N) is 1. The molecule has 1 amide bonds. The largest absolute Gasteiger partial charge is 0.347 e. The van der Waals surface area contributed by atoms with E-state index in [-0.39, 0.29) is 18.0 Å². The van der Waals surface area contributed by atoms with Gasteiger partial charge in [0.25, 0.3) is 0 Å². The minimum atomic E-state index is -0.00119. The van der Waals surface area contributed by atoms with Crippen molar-refractivity contribution >= 4 is 17.2 Å². The van der Waals surface area contributed by atoms with E-state index >= 15 is 0 Å². The molecule has 0 bridgehead atoms. The highest BCUT2D eigenvalue weighted by atomic mass is 32.1. The van der Waals surface area contributed by atoms with E-state index < -0.39 is 0 Å². The van der Waals surface area contributed by atoms with Gasteiger partial charge in [0, 0.05) is 16.3 Å². The zero-order valence-electron chi connectivity index (χ0n) is 13.8. The summed E-state index contributed by atoms with van der Waals surface area (Å²) in [5.41, 5.74) is 1.27. The predicted molar refractivity (Wildman–Crippen MR) is 95.5 cm³/mol. The lowest BCUT2D eigenvalue weighted by atomic mass is 10.1. The van der Waals surface area contributed by atoms with E-state index in [2.05, 4.69) is 60.5 Å². The highest BCUT2D eigenvalue weighted by Gasteiger charge is 2.31. The SMILES string of the molecule is Cc1ccc([C@@H](C)NC(=O)[C@@H]2CCCN2Cc2ccccc2)s1. The number of benzene rings is 1. The van der Waals surface area contributed by atoms with Crippen molar-refractivity contribution in [1.29, 1.82) is 0 Å². The average Bonchev–Trinajstić information content (AvgIpc) is 3.17. The van der Waals surface area contributed by atoms with Crippen molar-refractivity contribution in [2.75, 3.05) is 6.54 Å². The minimum Gasteiger partial charge on any atom is -0.347 e. The third-order valence-electron chi connectivity index (χ3n) is 4.44. The molecule has 1 aromatic carbocycles. The van der Waals surface area contributed by atoms with E-state index in [0.717, 1.165) is 25.9 Å². The molecular formula is C19H24N2OS. The molecule has 2 atom stereocenters. The molecule has 2 heterocycles. The molecule has 1 aliphatic rings. The molecule has 1 aromatic heterocycles. The monoisotopic (exact) mass is 328 g/mol. The summed E-state index contributed by atoms with van der Waals surface area (Å²) < 4.78 is 0. The Morgan fingerprint density at radius 1 is 1.30 bits per heavy atom. The number of hydrogen-bond acceptors (Lipinski definition) is 3. The first-order chi connectivity index (χ1) is 11.1. The molecule has 1 N–H and O–H groups in total. The molecule has 3 rings (SSSR count). The molecule has 1 saturated heterocycles. The smallest absolute Gasteiger partial charge is 0.237 e. The van der Waals surface area contributed by atoms with Crippen molar-refractivity contribution in [1.82, 2.24) is 10.2 Å². The molecule has 0 aliphatic carbocycles. The van der Waals surface area contributed by atoms with Gasteiger partial charge in [-0.15, -0.1) is 11.3 Å². The molecule has 122 valence electrons. The lowest BCUT2D eigenvalue weighted by Crippen LogP contribution is -2.43. The van der Waals surface area contributed by atoms with Gasteiger partial charge < -0.3 is 5.32 Å². The van der Waals surface area contributed by atoms with Crippen molar-refractivity contribution in [2.45, 2.75) is 45.3 Å². The Labute approximate surface area is 142 Å². The van der Waals surface area contributed by atoms with Crippen LogP contribution in [-0.2, 0) is 11.3 Å². The number of nitrogens with zero attached hydrogens (tertiary/aromatic N) is 1. The second kappa shape index (κ2) is 7.28. The normalized spacial score (nSPS) is 19.7. The van der Waals surface area contributed by atoms with E-state index in [1.165, 1.54) is 15.3 Å². The number of carbonyl (C=O) groups is 1. The van der Waals surface area contributed by atoms with E-state index in [1.54, 1.807) is 11.3 Å². The molecular weight excluding hydrogens is 304 g/mol. The first kappa shape index (κ1) is 16.2. The van der Waals surface area contributed by atoms with Crippen LogP contribution in [0.3, 0.4) is 0 Å². The Hall–Kier alpha value is -1.65. The van der Waals surface area contributed by atoms with Gasteiger partial charge in [0.15, 0.2) is 0 Å². The van der Waals surface area contributed by atoms with Crippen molar-refractivity contribution in [3.05, 3.63) is 57.8 Å². The van der Waals surface area contributed by atoms with E-state index in [4.69, 9.17) is 0 Å². The van der Waals surface area contributed by atoms with Crippen LogP contribution in [0, 0.1) is 6.92 Å². The van der Waals surface area contributed by atoms with E-state index in [9.17, 15) is 4.79 Å². The van der Waals surface area contributed by atoms with Crippen LogP contribution >= 0.6 is 11.3 Å². The number of hydrogen-bond donors (Lipinski definition) is 1. The maximum atomic E-state index is 12.7. The highest BCUT2D eigenvalue weighted by Crippen LogP contribution is 2.24. The number of carbonyl (C=O) groups excluding carboxylic acids is 1. The zero-order valence-corrected chi connectivity index (χ0v) is 14.6. The lowest BCUT2D eigenvalue weighted by molar-refractivity contribution is -0.126. The second-order valence-electron chi connectivity index (χ2n) is 6.29. The summed E-state index contributed by atoms with van der Waals surface area (Å²) in [4.78, 5) is 17.5. The Kier molecular flexibility index (Phi) is 5.13. The molecule has 0 radical (unpaired) electrons. The summed E-state index contributed by atoms with van der Waals surface area (Å²) in [7, 11) is 0. The predicted octanol–water partition coefficient (Wildman–Crippen LogP) is 3.90. The highest BCUT2D eigenvalue weighted by molar-refractivity contribution is 7.12. The second-order valence-corrected chi connectivity index (χ2v) is 7.61. The van der Waals surface area contributed by atoms with Crippen molar-refractivity contribution < 1.29 is 4.79 Å². The van der Waals surface area contributed by atoms with Crippen LogP contribution < -0.4 is 5.32 Å². The Balaban J connectivity index is 1.61. The van der Waals surface area contributed by atoms with Crippen molar-refractivity contribution in [3.63, 3.8) is 0 Å². The van der Waals surface area contributed by atoms with E-state index in [0.29, 0.717) is 0 Å². The fourth-order valence-corrected chi connectivity index (χ4v) is 4.08. The van der Waals surface area contributed by atoms with Crippen molar-refractivity contribution in [2.24, 2.45) is 0 Å². The number of aryl methyl sites for hydroxylation is 1. The molecule has 3 nitrogen and oxygen atoms in total. The van der Waals surface area contributed by atoms with Gasteiger partial charge in [-0.2, -0.15) is 0 Å². The molecule has 0 spiro atoms. The number of rotatable bonds is 5. The van der Waals surface area contributed by atoms with Crippen LogP contribution in [0.1, 0.15) is 41.1 Å². The average molecular weight is 328 g/mol. The first-order valence-electron chi connectivity index (χ1n) is 8.28. The van der Waals surface area contributed by atoms with Gasteiger partial charge in [-0.25, -0.2) is 0 Å². The Morgan fingerprint density at radius 2 is 2.09 bits per heavy atom. The van der Waals surface area contributed by atoms with Gasteiger partial charge in [-0.1, -0.05) is 30.3 Å². The maximum Gasteiger partial charge on any atom is 0.237 e. The van der Waals surface area contributed by atoms with Gasteiger partial charge in [-0.05, 0) is 50.9 Å². The molecule has 2 aromatic rings. The van der Waals surface area contributed by atoms with Crippen LogP contribution in [0.5, 0.6) is 0 Å². The molecule has 0 unspecified atom stereocenters. The Bertz CT molecular complexity index is 652. The standard InChI is InChI=1S/C19H24N2OS/c1-14-10-11-18(23-14)15(2)20-19(22)17-9-6-12-21(17)13-16-7-4-3-5-8-16/h3-5,7-8,10-11,15,17H,6,9,12-13H2,1-2H3,(H,20,22)/t15-,17+/m1/s1. The molecule has 1 fully saturated rings. The van der Waals surface area contributed by atoms with E-state index in [1.807, 2.05) is 6.07 Å².